The number of aliphatic hydroxyl groups excluding tert-OH is 9. The Labute approximate surface area is 137 Å². The predicted molar refractivity (Wildman–Crippen MR) is 83.5 cm³/mol. The summed E-state index contributed by atoms with van der Waals surface area (Å²) in [4.78, 5) is 0. The highest BCUT2D eigenvalue weighted by atomic mass is 16.3. The maximum atomic E-state index is 8.66. The van der Waals surface area contributed by atoms with Crippen molar-refractivity contribution in [1.29, 1.82) is 0 Å². The zero-order valence-electron chi connectivity index (χ0n) is 14.0. The van der Waals surface area contributed by atoms with Gasteiger partial charge in [0.2, 0.25) is 0 Å². The first-order valence-electron chi connectivity index (χ1n) is 7.29. The predicted octanol–water partition coefficient (Wildman–Crippen LogP) is -3.34. The van der Waals surface area contributed by atoms with E-state index in [4.69, 9.17) is 46.0 Å². The van der Waals surface area contributed by atoms with Gasteiger partial charge in [0.05, 0.1) is 52.9 Å². The second-order valence-electron chi connectivity index (χ2n) is 5.63. The summed E-state index contributed by atoms with van der Waals surface area (Å²) in [7, 11) is 0. The summed E-state index contributed by atoms with van der Waals surface area (Å²) < 4.78 is 0. The second-order valence-corrected chi connectivity index (χ2v) is 5.63. The number of hydrogen-bond acceptors (Lipinski definition) is 9. The smallest absolute Gasteiger partial charge is 0.100 e. The average molecular weight is 346 g/mol. The molecule has 0 aliphatic carbocycles. The third-order valence-electron chi connectivity index (χ3n) is 3.32. The average Bonchev–Trinajstić information content (AvgIpc) is 2.63. The summed E-state index contributed by atoms with van der Waals surface area (Å²) >= 11 is 0. The van der Waals surface area contributed by atoms with Gasteiger partial charge < -0.3 is 46.0 Å². The molecule has 23 heavy (non-hydrogen) atoms. The molecule has 9 heteroatoms. The molecule has 0 saturated carbocycles. The topological polar surface area (TPSA) is 182 Å². The molecular weight excluding hydrogens is 312 g/mol. The molecule has 0 aliphatic heterocycles. The fourth-order valence-corrected chi connectivity index (χ4v) is 0.693. The summed E-state index contributed by atoms with van der Waals surface area (Å²) in [6.45, 7) is 1.69. The molecule has 144 valence electrons. The molecule has 0 aromatic rings. The monoisotopic (exact) mass is 346 g/mol. The molecule has 0 heterocycles. The van der Waals surface area contributed by atoms with Gasteiger partial charge in [-0.2, -0.15) is 0 Å². The van der Waals surface area contributed by atoms with E-state index in [0.717, 1.165) is 0 Å². The molecular formula is C14H34O9. The molecule has 0 saturated heterocycles. The molecule has 0 atom stereocenters. The van der Waals surface area contributed by atoms with E-state index in [-0.39, 0.29) is 52.9 Å². The van der Waals surface area contributed by atoms with Crippen molar-refractivity contribution in [3.05, 3.63) is 0 Å². The lowest BCUT2D eigenvalue weighted by molar-refractivity contribution is 0.00304. The zero-order valence-corrected chi connectivity index (χ0v) is 14.0. The highest BCUT2D eigenvalue weighted by molar-refractivity contribution is 4.74. The molecule has 0 bridgehead atoms. The van der Waals surface area contributed by atoms with Gasteiger partial charge in [-0.25, -0.2) is 0 Å². The Hall–Kier alpha value is -0.360. The molecule has 0 amide bonds. The molecule has 0 aliphatic rings. The van der Waals surface area contributed by atoms with Crippen molar-refractivity contribution in [2.45, 2.75) is 26.4 Å². The van der Waals surface area contributed by atoms with Gasteiger partial charge in [0.1, 0.15) is 6.10 Å². The first-order valence-corrected chi connectivity index (χ1v) is 7.29. The SMILES string of the molecule is CC(CO)(CO)CO.CCC(CO)(CO)CO.OCC(O)CO. The van der Waals surface area contributed by atoms with Crippen LogP contribution < -0.4 is 0 Å². The van der Waals surface area contributed by atoms with Crippen LogP contribution in [0.2, 0.25) is 0 Å². The van der Waals surface area contributed by atoms with Crippen LogP contribution in [0.3, 0.4) is 0 Å². The van der Waals surface area contributed by atoms with Crippen LogP contribution in [0, 0.1) is 10.8 Å². The van der Waals surface area contributed by atoms with E-state index >= 15 is 0 Å². The van der Waals surface area contributed by atoms with Crippen molar-refractivity contribution < 1.29 is 46.0 Å². The second kappa shape index (κ2) is 16.5. The van der Waals surface area contributed by atoms with Crippen molar-refractivity contribution in [2.75, 3.05) is 52.9 Å². The van der Waals surface area contributed by atoms with Gasteiger partial charge in [0.25, 0.3) is 0 Å². The first kappa shape index (κ1) is 27.5. The van der Waals surface area contributed by atoms with Crippen LogP contribution in [0.1, 0.15) is 20.3 Å². The number of hydrogen-bond donors (Lipinski definition) is 9. The van der Waals surface area contributed by atoms with Crippen molar-refractivity contribution in [3.8, 4) is 0 Å². The van der Waals surface area contributed by atoms with E-state index in [2.05, 4.69) is 0 Å². The third kappa shape index (κ3) is 13.7. The van der Waals surface area contributed by atoms with Gasteiger partial charge in [-0.1, -0.05) is 13.8 Å². The Bertz CT molecular complexity index is 201. The molecule has 9 nitrogen and oxygen atoms in total. The van der Waals surface area contributed by atoms with E-state index in [0.29, 0.717) is 6.42 Å². The summed E-state index contributed by atoms with van der Waals surface area (Å²) in [6, 6.07) is 0. The lowest BCUT2D eigenvalue weighted by atomic mass is 9.88. The molecule has 0 radical (unpaired) electrons. The van der Waals surface area contributed by atoms with E-state index < -0.39 is 16.9 Å². The van der Waals surface area contributed by atoms with Crippen LogP contribution in [0.5, 0.6) is 0 Å². The summed E-state index contributed by atoms with van der Waals surface area (Å²) in [5.41, 5.74) is -1.38. The van der Waals surface area contributed by atoms with Crippen LogP contribution in [0.15, 0.2) is 0 Å². The summed E-state index contributed by atoms with van der Waals surface area (Å²) in [5, 5.41) is 75.4. The maximum Gasteiger partial charge on any atom is 0.100 e. The van der Waals surface area contributed by atoms with Gasteiger partial charge in [0.15, 0.2) is 0 Å². The molecule has 0 aromatic carbocycles. The zero-order chi connectivity index (χ0) is 18.9. The summed E-state index contributed by atoms with van der Waals surface area (Å²) in [6.07, 6.45) is -0.360. The highest BCUT2D eigenvalue weighted by Gasteiger charge is 2.24. The Kier molecular flexibility index (Phi) is 19.7. The maximum absolute atomic E-state index is 8.66. The van der Waals surface area contributed by atoms with E-state index in [1.165, 1.54) is 0 Å². The van der Waals surface area contributed by atoms with Gasteiger partial charge in [-0.05, 0) is 6.42 Å². The minimum atomic E-state index is -0.954. The number of rotatable bonds is 9. The van der Waals surface area contributed by atoms with E-state index in [1.54, 1.807) is 6.92 Å². The molecule has 0 unspecified atom stereocenters. The van der Waals surface area contributed by atoms with Crippen molar-refractivity contribution in [3.63, 3.8) is 0 Å². The van der Waals surface area contributed by atoms with Gasteiger partial charge >= 0.3 is 0 Å². The van der Waals surface area contributed by atoms with Crippen LogP contribution in [-0.2, 0) is 0 Å². The van der Waals surface area contributed by atoms with E-state index in [9.17, 15) is 0 Å². The minimum absolute atomic E-state index is 0.156. The quantitative estimate of drug-likeness (QED) is 0.206. The standard InChI is InChI=1S/C6H14O3.C5H12O3.C3H8O3/c1-2-6(3-7,4-8)5-9;1-5(2-6,3-7)4-8;4-1-3(6)2-5/h7-9H,2-5H2,1H3;6-8H,2-4H2,1H3;3-6H,1-2H2. The fraction of sp³-hybridized carbons (Fsp3) is 1.00. The largest absolute Gasteiger partial charge is 0.396 e. The molecule has 0 aromatic heterocycles. The Morgan fingerprint density at radius 3 is 0.957 bits per heavy atom. The van der Waals surface area contributed by atoms with Crippen LogP contribution in [0.4, 0.5) is 0 Å². The Morgan fingerprint density at radius 1 is 0.652 bits per heavy atom. The molecule has 9 N–H and O–H groups in total. The number of aliphatic hydroxyl groups is 9. The van der Waals surface area contributed by atoms with Crippen LogP contribution in [0.25, 0.3) is 0 Å². The normalized spacial score (nSPS) is 11.5. The van der Waals surface area contributed by atoms with E-state index in [1.807, 2.05) is 6.92 Å². The lowest BCUT2D eigenvalue weighted by Crippen LogP contribution is -2.32. The lowest BCUT2D eigenvalue weighted by Gasteiger charge is -2.24. The third-order valence-corrected chi connectivity index (χ3v) is 3.32. The van der Waals surface area contributed by atoms with Crippen molar-refractivity contribution in [2.24, 2.45) is 10.8 Å². The van der Waals surface area contributed by atoms with Gasteiger partial charge in [-0.15, -0.1) is 0 Å². The Balaban J connectivity index is -0.000000266. The molecule has 0 spiro atoms. The highest BCUT2D eigenvalue weighted by Crippen LogP contribution is 2.18. The molecule has 0 rings (SSSR count). The van der Waals surface area contributed by atoms with Gasteiger partial charge in [0, 0.05) is 10.8 Å². The van der Waals surface area contributed by atoms with Gasteiger partial charge in [-0.3, -0.25) is 0 Å². The van der Waals surface area contributed by atoms with Crippen LogP contribution >= 0.6 is 0 Å². The van der Waals surface area contributed by atoms with Crippen molar-refractivity contribution in [1.82, 2.24) is 0 Å². The fourth-order valence-electron chi connectivity index (χ4n) is 0.693. The Morgan fingerprint density at radius 2 is 0.957 bits per heavy atom. The van der Waals surface area contributed by atoms with Crippen LogP contribution in [-0.4, -0.2) is 105 Å². The van der Waals surface area contributed by atoms with Crippen molar-refractivity contribution >= 4 is 0 Å². The summed E-state index contributed by atoms with van der Waals surface area (Å²) in [5.74, 6) is 0. The minimum Gasteiger partial charge on any atom is -0.396 e. The first-order chi connectivity index (χ1) is 10.7. The molecule has 0 fully saturated rings.